The van der Waals surface area contributed by atoms with E-state index in [9.17, 15) is 15.3 Å². The van der Waals surface area contributed by atoms with Crippen molar-refractivity contribution in [3.63, 3.8) is 0 Å². The Morgan fingerprint density at radius 3 is 2.48 bits per heavy atom. The Hall–Kier alpha value is -1.16. The second-order valence-corrected chi connectivity index (χ2v) is 10.0. The van der Waals surface area contributed by atoms with Gasteiger partial charge in [-0.2, -0.15) is 0 Å². The SMILES string of the molecule is C=C1C(O)CC(=C/C=C2\CCCC3(C)C2CCC3[C@H](C)/C=C/CC(C)O)C[C@H]1O. The van der Waals surface area contributed by atoms with Crippen LogP contribution in [0, 0.1) is 23.2 Å². The lowest BCUT2D eigenvalue weighted by molar-refractivity contribution is 0.112. The Labute approximate surface area is 176 Å². The van der Waals surface area contributed by atoms with Crippen molar-refractivity contribution in [3.05, 3.63) is 47.6 Å². The van der Waals surface area contributed by atoms with Gasteiger partial charge in [0.15, 0.2) is 0 Å². The van der Waals surface area contributed by atoms with Crippen molar-refractivity contribution in [2.45, 2.75) is 90.4 Å². The number of aliphatic hydroxyl groups is 3. The predicted molar refractivity (Wildman–Crippen MR) is 119 cm³/mol. The second kappa shape index (κ2) is 9.32. The summed E-state index contributed by atoms with van der Waals surface area (Å²) in [5, 5.41) is 29.7. The molecular formula is C26H40O3. The maximum Gasteiger partial charge on any atom is 0.0809 e. The van der Waals surface area contributed by atoms with Crippen molar-refractivity contribution >= 4 is 0 Å². The van der Waals surface area contributed by atoms with E-state index in [0.717, 1.165) is 12.0 Å². The van der Waals surface area contributed by atoms with Crippen LogP contribution in [0.25, 0.3) is 0 Å². The number of allylic oxidation sites excluding steroid dienone is 4. The number of fused-ring (bicyclic) bond motifs is 1. The Morgan fingerprint density at radius 2 is 1.83 bits per heavy atom. The Kier molecular flexibility index (Phi) is 7.24. The maximum absolute atomic E-state index is 10.1. The average molecular weight is 401 g/mol. The molecule has 0 saturated heterocycles. The third-order valence-corrected chi connectivity index (χ3v) is 7.89. The summed E-state index contributed by atoms with van der Waals surface area (Å²) in [7, 11) is 0. The zero-order chi connectivity index (χ0) is 21.2. The van der Waals surface area contributed by atoms with E-state index >= 15 is 0 Å². The van der Waals surface area contributed by atoms with E-state index in [0.29, 0.717) is 41.6 Å². The highest BCUT2D eigenvalue weighted by Gasteiger charge is 2.50. The maximum atomic E-state index is 10.1. The Bertz CT molecular complexity index is 670. The molecule has 0 aliphatic heterocycles. The molecule has 3 heteroatoms. The van der Waals surface area contributed by atoms with Gasteiger partial charge in [0.05, 0.1) is 18.3 Å². The summed E-state index contributed by atoms with van der Waals surface area (Å²) < 4.78 is 0. The van der Waals surface area contributed by atoms with Gasteiger partial charge in [0, 0.05) is 0 Å². The smallest absolute Gasteiger partial charge is 0.0809 e. The van der Waals surface area contributed by atoms with Crippen molar-refractivity contribution in [1.82, 2.24) is 0 Å². The van der Waals surface area contributed by atoms with E-state index in [1.165, 1.54) is 32.1 Å². The molecule has 3 nitrogen and oxygen atoms in total. The minimum absolute atomic E-state index is 0.267. The van der Waals surface area contributed by atoms with Gasteiger partial charge in [-0.1, -0.05) is 55.9 Å². The summed E-state index contributed by atoms with van der Waals surface area (Å²) in [4.78, 5) is 0. The van der Waals surface area contributed by atoms with E-state index < -0.39 is 12.2 Å². The molecule has 0 bridgehead atoms. The van der Waals surface area contributed by atoms with E-state index in [4.69, 9.17) is 0 Å². The summed E-state index contributed by atoms with van der Waals surface area (Å²) in [5.74, 6) is 1.87. The van der Waals surface area contributed by atoms with Crippen molar-refractivity contribution in [3.8, 4) is 0 Å². The average Bonchev–Trinajstić information content (AvgIpc) is 3.01. The minimum Gasteiger partial charge on any atom is -0.393 e. The van der Waals surface area contributed by atoms with Crippen molar-refractivity contribution in [2.24, 2.45) is 23.2 Å². The van der Waals surface area contributed by atoms with Gasteiger partial charge < -0.3 is 15.3 Å². The van der Waals surface area contributed by atoms with Gasteiger partial charge in [0.25, 0.3) is 0 Å². The molecule has 29 heavy (non-hydrogen) atoms. The summed E-state index contributed by atoms with van der Waals surface area (Å²) in [6.07, 6.45) is 15.6. The van der Waals surface area contributed by atoms with Gasteiger partial charge in [-0.3, -0.25) is 0 Å². The third kappa shape index (κ3) is 4.95. The number of aliphatic hydroxyl groups excluding tert-OH is 3. The van der Waals surface area contributed by atoms with Crippen LogP contribution in [0.3, 0.4) is 0 Å². The molecule has 0 aromatic heterocycles. The van der Waals surface area contributed by atoms with Gasteiger partial charge >= 0.3 is 0 Å². The van der Waals surface area contributed by atoms with Gasteiger partial charge in [-0.15, -0.1) is 0 Å². The number of hydrogen-bond donors (Lipinski definition) is 3. The van der Waals surface area contributed by atoms with Crippen molar-refractivity contribution in [1.29, 1.82) is 0 Å². The second-order valence-electron chi connectivity index (χ2n) is 10.0. The van der Waals surface area contributed by atoms with Crippen LogP contribution in [-0.4, -0.2) is 33.6 Å². The molecule has 0 amide bonds. The van der Waals surface area contributed by atoms with E-state index in [1.54, 1.807) is 5.57 Å². The molecule has 0 aromatic rings. The molecule has 0 spiro atoms. The standard InChI is InChI=1S/C26H40O3/c1-17(7-5-8-18(2)27)22-12-13-23-21(9-6-14-26(22,23)4)11-10-20-15-24(28)19(3)25(29)16-20/h5,7,10-11,17-18,22-25,27-29H,3,6,8-9,12-16H2,1-2,4H3/b7-5+,20-10?,21-11+/t17-,18?,22?,23?,24-,25?,26?/m1/s1. The largest absolute Gasteiger partial charge is 0.393 e. The summed E-state index contributed by atoms with van der Waals surface area (Å²) in [6.45, 7) is 10.5. The first kappa shape index (κ1) is 22.5. The molecule has 5 unspecified atom stereocenters. The highest BCUT2D eigenvalue weighted by atomic mass is 16.3. The lowest BCUT2D eigenvalue weighted by Crippen LogP contribution is -2.35. The third-order valence-electron chi connectivity index (χ3n) is 7.89. The van der Waals surface area contributed by atoms with Gasteiger partial charge in [0.1, 0.15) is 0 Å². The molecule has 3 N–H and O–H groups in total. The first-order valence-electron chi connectivity index (χ1n) is 11.5. The summed E-state index contributed by atoms with van der Waals surface area (Å²) >= 11 is 0. The molecule has 3 fully saturated rings. The van der Waals surface area contributed by atoms with Crippen LogP contribution >= 0.6 is 0 Å². The lowest BCUT2D eigenvalue weighted by atomic mass is 9.61. The van der Waals surface area contributed by atoms with Crippen LogP contribution in [0.15, 0.2) is 47.6 Å². The molecule has 0 heterocycles. The van der Waals surface area contributed by atoms with Gasteiger partial charge in [-0.05, 0) is 87.0 Å². The van der Waals surface area contributed by atoms with Crippen LogP contribution in [0.2, 0.25) is 0 Å². The molecular weight excluding hydrogens is 360 g/mol. The molecule has 3 rings (SSSR count). The molecule has 3 aliphatic carbocycles. The van der Waals surface area contributed by atoms with Gasteiger partial charge in [0.2, 0.25) is 0 Å². The topological polar surface area (TPSA) is 60.7 Å². The van der Waals surface area contributed by atoms with Crippen LogP contribution in [0.1, 0.15) is 72.1 Å². The van der Waals surface area contributed by atoms with Crippen molar-refractivity contribution in [2.75, 3.05) is 0 Å². The van der Waals surface area contributed by atoms with Crippen LogP contribution in [0.5, 0.6) is 0 Å². The summed E-state index contributed by atoms with van der Waals surface area (Å²) in [5.41, 5.74) is 3.58. The monoisotopic (exact) mass is 400 g/mol. The van der Waals surface area contributed by atoms with Crippen LogP contribution in [-0.2, 0) is 0 Å². The van der Waals surface area contributed by atoms with E-state index in [1.807, 2.05) is 6.92 Å². The fourth-order valence-corrected chi connectivity index (χ4v) is 6.19. The zero-order valence-corrected chi connectivity index (χ0v) is 18.5. The van der Waals surface area contributed by atoms with E-state index in [-0.39, 0.29) is 6.10 Å². The van der Waals surface area contributed by atoms with Crippen LogP contribution in [0.4, 0.5) is 0 Å². The van der Waals surface area contributed by atoms with E-state index in [2.05, 4.69) is 44.7 Å². The lowest BCUT2D eigenvalue weighted by Gasteiger charge is -2.44. The highest BCUT2D eigenvalue weighted by Crippen LogP contribution is 2.59. The molecule has 0 radical (unpaired) electrons. The Morgan fingerprint density at radius 1 is 1.14 bits per heavy atom. The summed E-state index contributed by atoms with van der Waals surface area (Å²) in [6, 6.07) is 0. The first-order chi connectivity index (χ1) is 13.7. The van der Waals surface area contributed by atoms with Gasteiger partial charge in [-0.25, -0.2) is 0 Å². The highest BCUT2D eigenvalue weighted by molar-refractivity contribution is 5.29. The normalized spacial score (nSPS) is 40.6. The first-order valence-corrected chi connectivity index (χ1v) is 11.5. The zero-order valence-electron chi connectivity index (χ0n) is 18.5. The molecule has 7 atom stereocenters. The number of rotatable bonds is 5. The predicted octanol–water partition coefficient (Wildman–Crippen LogP) is 5.09. The molecule has 0 aromatic carbocycles. The molecule has 3 saturated carbocycles. The fourth-order valence-electron chi connectivity index (χ4n) is 6.19. The van der Waals surface area contributed by atoms with Crippen LogP contribution < -0.4 is 0 Å². The Balaban J connectivity index is 1.72. The molecule has 3 aliphatic rings. The number of hydrogen-bond acceptors (Lipinski definition) is 3. The fraction of sp³-hybridized carbons (Fsp3) is 0.692. The molecule has 162 valence electrons. The minimum atomic E-state index is -0.620. The quantitative estimate of drug-likeness (QED) is 0.563. The van der Waals surface area contributed by atoms with Crippen molar-refractivity contribution < 1.29 is 15.3 Å².